The highest BCUT2D eigenvalue weighted by atomic mass is 32.1. The third kappa shape index (κ3) is 2.55. The van der Waals surface area contributed by atoms with Gasteiger partial charge in [-0.3, -0.25) is 10.1 Å². The molecule has 2 aromatic rings. The molecule has 1 amide bonds. The number of nitrogens with one attached hydrogen (secondary N) is 1. The first-order chi connectivity index (χ1) is 8.50. The normalized spacial score (nSPS) is 13.9. The zero-order chi connectivity index (χ0) is 13.2. The molecule has 0 bridgehead atoms. The molecule has 94 valence electrons. The van der Waals surface area contributed by atoms with Crippen LogP contribution in [0.4, 0.5) is 5.13 Å². The molecule has 0 saturated heterocycles. The lowest BCUT2D eigenvalue weighted by Crippen LogP contribution is -2.45. The maximum absolute atomic E-state index is 12.1. The van der Waals surface area contributed by atoms with E-state index in [-0.39, 0.29) is 5.91 Å². The third-order valence-electron chi connectivity index (χ3n) is 2.59. The van der Waals surface area contributed by atoms with Crippen LogP contribution in [0.3, 0.4) is 0 Å². The van der Waals surface area contributed by atoms with Gasteiger partial charge in [0, 0.05) is 11.5 Å². The number of carbonyl (C=O) groups excluding carboxylic acids is 1. The Morgan fingerprint density at radius 2 is 2.06 bits per heavy atom. The molecule has 1 aromatic carbocycles. The van der Waals surface area contributed by atoms with Crippen LogP contribution in [0.15, 0.2) is 30.3 Å². The summed E-state index contributed by atoms with van der Waals surface area (Å²) in [6, 6.07) is 9.23. The molecular formula is C12H14N4OS. The Hall–Kier alpha value is -1.79. The van der Waals surface area contributed by atoms with Gasteiger partial charge in [0.15, 0.2) is 0 Å². The van der Waals surface area contributed by atoms with Crippen molar-refractivity contribution in [3.05, 3.63) is 41.7 Å². The van der Waals surface area contributed by atoms with Gasteiger partial charge in [-0.2, -0.15) is 4.37 Å². The van der Waals surface area contributed by atoms with Crippen LogP contribution in [0.5, 0.6) is 0 Å². The molecule has 3 N–H and O–H groups in total. The van der Waals surface area contributed by atoms with E-state index in [0.29, 0.717) is 11.0 Å². The minimum atomic E-state index is -1.10. The molecule has 0 radical (unpaired) electrons. The molecule has 1 aromatic heterocycles. The Balaban J connectivity index is 2.18. The zero-order valence-electron chi connectivity index (χ0n) is 10.2. The van der Waals surface area contributed by atoms with Gasteiger partial charge in [0.2, 0.25) is 5.13 Å². The van der Waals surface area contributed by atoms with Gasteiger partial charge < -0.3 is 5.73 Å². The lowest BCUT2D eigenvalue weighted by molar-refractivity contribution is -0.120. The minimum Gasteiger partial charge on any atom is -0.314 e. The summed E-state index contributed by atoms with van der Waals surface area (Å²) in [7, 11) is 0. The van der Waals surface area contributed by atoms with E-state index in [2.05, 4.69) is 14.7 Å². The topological polar surface area (TPSA) is 80.9 Å². The second-order valence-electron chi connectivity index (χ2n) is 4.17. The minimum absolute atomic E-state index is 0.301. The molecule has 1 atom stereocenters. The van der Waals surface area contributed by atoms with Gasteiger partial charge >= 0.3 is 0 Å². The van der Waals surface area contributed by atoms with Crippen molar-refractivity contribution in [2.24, 2.45) is 5.73 Å². The Kier molecular flexibility index (Phi) is 3.40. The van der Waals surface area contributed by atoms with Crippen LogP contribution in [-0.2, 0) is 10.3 Å². The highest BCUT2D eigenvalue weighted by molar-refractivity contribution is 7.09. The van der Waals surface area contributed by atoms with E-state index in [9.17, 15) is 4.79 Å². The molecule has 18 heavy (non-hydrogen) atoms. The molecule has 0 spiro atoms. The summed E-state index contributed by atoms with van der Waals surface area (Å²) < 4.78 is 4.00. The third-order valence-corrected chi connectivity index (χ3v) is 3.31. The first kappa shape index (κ1) is 12.7. The van der Waals surface area contributed by atoms with Crippen molar-refractivity contribution in [3.63, 3.8) is 0 Å². The van der Waals surface area contributed by atoms with Gasteiger partial charge in [0.05, 0.1) is 0 Å². The number of nitrogens with zero attached hydrogens (tertiary/aromatic N) is 2. The molecule has 0 aliphatic heterocycles. The molecule has 0 aliphatic rings. The molecule has 0 aliphatic carbocycles. The maximum Gasteiger partial charge on any atom is 0.250 e. The van der Waals surface area contributed by atoms with Crippen molar-refractivity contribution < 1.29 is 4.79 Å². The van der Waals surface area contributed by atoms with E-state index >= 15 is 0 Å². The summed E-state index contributed by atoms with van der Waals surface area (Å²) in [6.45, 7) is 3.44. The average molecular weight is 262 g/mol. The molecule has 2 rings (SSSR count). The van der Waals surface area contributed by atoms with Crippen molar-refractivity contribution in [2.75, 3.05) is 5.32 Å². The van der Waals surface area contributed by atoms with Crippen molar-refractivity contribution in [1.29, 1.82) is 0 Å². The smallest absolute Gasteiger partial charge is 0.250 e. The number of hydrogen-bond acceptors (Lipinski definition) is 5. The van der Waals surface area contributed by atoms with Crippen molar-refractivity contribution >= 4 is 22.6 Å². The van der Waals surface area contributed by atoms with Gasteiger partial charge in [-0.05, 0) is 19.4 Å². The highest BCUT2D eigenvalue weighted by Crippen LogP contribution is 2.20. The van der Waals surface area contributed by atoms with Crippen molar-refractivity contribution in [3.8, 4) is 0 Å². The first-order valence-electron chi connectivity index (χ1n) is 5.46. The molecule has 0 saturated carbocycles. The second kappa shape index (κ2) is 4.83. The zero-order valence-corrected chi connectivity index (χ0v) is 11.0. The quantitative estimate of drug-likeness (QED) is 0.881. The van der Waals surface area contributed by atoms with Gasteiger partial charge in [-0.1, -0.05) is 30.3 Å². The first-order valence-corrected chi connectivity index (χ1v) is 6.23. The lowest BCUT2D eigenvalue weighted by Gasteiger charge is -2.23. The highest BCUT2D eigenvalue weighted by Gasteiger charge is 2.30. The van der Waals surface area contributed by atoms with Gasteiger partial charge in [-0.15, -0.1) is 0 Å². The Morgan fingerprint density at radius 1 is 1.39 bits per heavy atom. The number of benzene rings is 1. The summed E-state index contributed by atoms with van der Waals surface area (Å²) in [6.07, 6.45) is 0. The SMILES string of the molecule is Cc1nsc(NC(=O)C(C)(N)c2ccccc2)n1. The van der Waals surface area contributed by atoms with Crippen LogP contribution in [-0.4, -0.2) is 15.3 Å². The number of rotatable bonds is 3. The van der Waals surface area contributed by atoms with Crippen LogP contribution >= 0.6 is 11.5 Å². The Bertz CT molecular complexity index is 550. The molecule has 1 heterocycles. The number of hydrogen-bond donors (Lipinski definition) is 2. The van der Waals surface area contributed by atoms with E-state index in [1.54, 1.807) is 13.8 Å². The largest absolute Gasteiger partial charge is 0.314 e. The summed E-state index contributed by atoms with van der Waals surface area (Å²) in [5.74, 6) is 0.332. The fourth-order valence-corrected chi connectivity index (χ4v) is 2.06. The van der Waals surface area contributed by atoms with E-state index in [4.69, 9.17) is 5.73 Å². The van der Waals surface area contributed by atoms with Crippen LogP contribution < -0.4 is 11.1 Å². The van der Waals surface area contributed by atoms with E-state index in [0.717, 1.165) is 17.1 Å². The number of amides is 1. The van der Waals surface area contributed by atoms with Crippen molar-refractivity contribution in [1.82, 2.24) is 9.36 Å². The Labute approximate surface area is 109 Å². The predicted octanol–water partition coefficient (Wildman–Crippen LogP) is 1.66. The van der Waals surface area contributed by atoms with E-state index < -0.39 is 5.54 Å². The van der Waals surface area contributed by atoms with Crippen LogP contribution in [0.25, 0.3) is 0 Å². The lowest BCUT2D eigenvalue weighted by atomic mass is 9.92. The van der Waals surface area contributed by atoms with Gasteiger partial charge in [0.25, 0.3) is 5.91 Å². The molecule has 1 unspecified atom stereocenters. The van der Waals surface area contributed by atoms with Gasteiger partial charge in [-0.25, -0.2) is 4.98 Å². The van der Waals surface area contributed by atoms with Crippen molar-refractivity contribution in [2.45, 2.75) is 19.4 Å². The number of aromatic nitrogens is 2. The van der Waals surface area contributed by atoms with E-state index in [1.807, 2.05) is 30.3 Å². The number of aryl methyl sites for hydroxylation is 1. The Morgan fingerprint density at radius 3 is 2.61 bits per heavy atom. The summed E-state index contributed by atoms with van der Waals surface area (Å²) in [5, 5.41) is 3.15. The van der Waals surface area contributed by atoms with Crippen LogP contribution in [0.1, 0.15) is 18.3 Å². The fraction of sp³-hybridized carbons (Fsp3) is 0.250. The van der Waals surface area contributed by atoms with E-state index in [1.165, 1.54) is 0 Å². The maximum atomic E-state index is 12.1. The van der Waals surface area contributed by atoms with Gasteiger partial charge in [0.1, 0.15) is 11.4 Å². The fourth-order valence-electron chi connectivity index (χ4n) is 1.49. The predicted molar refractivity (Wildman–Crippen MR) is 71.3 cm³/mol. The number of anilines is 1. The molecule has 5 nitrogen and oxygen atoms in total. The standard InChI is InChI=1S/C12H14N4OS/c1-8-14-11(18-16-8)15-10(17)12(2,13)9-6-4-3-5-7-9/h3-7H,13H2,1-2H3,(H,14,15,16,17). The van der Waals surface area contributed by atoms with Crippen LogP contribution in [0, 0.1) is 6.92 Å². The molecule has 6 heteroatoms. The average Bonchev–Trinajstić information content (AvgIpc) is 2.76. The second-order valence-corrected chi connectivity index (χ2v) is 4.92. The van der Waals surface area contributed by atoms with Crippen LogP contribution in [0.2, 0.25) is 0 Å². The summed E-state index contributed by atoms with van der Waals surface area (Å²) in [5.41, 5.74) is 5.74. The summed E-state index contributed by atoms with van der Waals surface area (Å²) >= 11 is 1.14. The molecule has 0 fully saturated rings. The number of carbonyl (C=O) groups is 1. The monoisotopic (exact) mass is 262 g/mol. The number of nitrogens with two attached hydrogens (primary N) is 1. The summed E-state index contributed by atoms with van der Waals surface area (Å²) in [4.78, 5) is 16.2. The molecular weight excluding hydrogens is 248 g/mol.